The number of aromatic amines is 2. The Morgan fingerprint density at radius 3 is 2.70 bits per heavy atom. The summed E-state index contributed by atoms with van der Waals surface area (Å²) < 4.78 is 0. The molecular formula is C19H15Cl2N5O. The van der Waals surface area contributed by atoms with Gasteiger partial charge in [0, 0.05) is 6.07 Å². The van der Waals surface area contributed by atoms with Gasteiger partial charge in [-0.1, -0.05) is 29.3 Å². The first-order valence-electron chi connectivity index (χ1n) is 8.20. The lowest BCUT2D eigenvalue weighted by Gasteiger charge is -2.04. The molecule has 2 aromatic carbocycles. The van der Waals surface area contributed by atoms with E-state index in [4.69, 9.17) is 23.2 Å². The van der Waals surface area contributed by atoms with E-state index in [1.807, 2.05) is 13.0 Å². The maximum Gasteiger partial charge on any atom is 0.258 e. The molecule has 1 amide bonds. The molecule has 0 aliphatic carbocycles. The number of aromatic nitrogens is 4. The topological polar surface area (TPSA) is 86.5 Å². The lowest BCUT2D eigenvalue weighted by molar-refractivity contribution is 0.102. The molecule has 6 nitrogen and oxygen atoms in total. The molecule has 4 aromatic rings. The number of hydrogen-bond donors (Lipinski definition) is 3. The normalized spacial score (nSPS) is 11.1. The summed E-state index contributed by atoms with van der Waals surface area (Å²) in [5.74, 6) is 0.610. The lowest BCUT2D eigenvalue weighted by atomic mass is 10.1. The molecule has 0 spiro atoms. The van der Waals surface area contributed by atoms with Crippen molar-refractivity contribution in [3.8, 4) is 11.5 Å². The van der Waals surface area contributed by atoms with Gasteiger partial charge < -0.3 is 10.3 Å². The SMILES string of the molecule is Cc1cc2nc(-c3cc(NC(=O)c4cccc(Cl)c4Cl)n[nH]3)[nH]c2cc1C. The van der Waals surface area contributed by atoms with E-state index < -0.39 is 5.91 Å². The summed E-state index contributed by atoms with van der Waals surface area (Å²) in [5, 5.41) is 10.2. The monoisotopic (exact) mass is 399 g/mol. The molecule has 0 atom stereocenters. The number of amides is 1. The van der Waals surface area contributed by atoms with Gasteiger partial charge in [0.2, 0.25) is 0 Å². The Morgan fingerprint density at radius 1 is 1.11 bits per heavy atom. The second kappa shape index (κ2) is 6.72. The van der Waals surface area contributed by atoms with Crippen molar-refractivity contribution in [2.24, 2.45) is 0 Å². The minimum Gasteiger partial charge on any atom is -0.337 e. The number of nitrogens with one attached hydrogen (secondary N) is 3. The Labute approximate surface area is 164 Å². The Balaban J connectivity index is 1.60. The Hall–Kier alpha value is -2.83. The molecule has 2 heterocycles. The van der Waals surface area contributed by atoms with Crippen LogP contribution in [0.4, 0.5) is 5.82 Å². The molecule has 0 fully saturated rings. The molecule has 0 saturated carbocycles. The first-order valence-corrected chi connectivity index (χ1v) is 8.96. The van der Waals surface area contributed by atoms with E-state index in [0.29, 0.717) is 22.4 Å². The third-order valence-electron chi connectivity index (χ3n) is 4.37. The molecule has 0 aliphatic rings. The van der Waals surface area contributed by atoms with Crippen LogP contribution in [-0.4, -0.2) is 26.1 Å². The van der Waals surface area contributed by atoms with Crippen LogP contribution in [0.2, 0.25) is 10.0 Å². The smallest absolute Gasteiger partial charge is 0.258 e. The van der Waals surface area contributed by atoms with Crippen LogP contribution in [0.15, 0.2) is 36.4 Å². The summed E-state index contributed by atoms with van der Waals surface area (Å²) in [5.41, 5.74) is 5.13. The van der Waals surface area contributed by atoms with Crippen LogP contribution in [0.3, 0.4) is 0 Å². The highest BCUT2D eigenvalue weighted by atomic mass is 35.5. The van der Waals surface area contributed by atoms with Crippen molar-refractivity contribution in [1.29, 1.82) is 0 Å². The largest absolute Gasteiger partial charge is 0.337 e. The lowest BCUT2D eigenvalue weighted by Crippen LogP contribution is -2.12. The van der Waals surface area contributed by atoms with Crippen molar-refractivity contribution in [3.63, 3.8) is 0 Å². The zero-order valence-corrected chi connectivity index (χ0v) is 16.0. The van der Waals surface area contributed by atoms with Crippen molar-refractivity contribution >= 4 is 46.0 Å². The van der Waals surface area contributed by atoms with E-state index in [-0.39, 0.29) is 10.6 Å². The average Bonchev–Trinajstić information content (AvgIpc) is 3.24. The van der Waals surface area contributed by atoms with E-state index in [2.05, 4.69) is 38.5 Å². The number of benzene rings is 2. The summed E-state index contributed by atoms with van der Waals surface area (Å²) in [4.78, 5) is 20.3. The summed E-state index contributed by atoms with van der Waals surface area (Å²) in [7, 11) is 0. The van der Waals surface area contributed by atoms with Gasteiger partial charge in [0.05, 0.1) is 26.6 Å². The molecule has 8 heteroatoms. The molecule has 27 heavy (non-hydrogen) atoms. The number of carbonyl (C=O) groups excluding carboxylic acids is 1. The fourth-order valence-electron chi connectivity index (χ4n) is 2.77. The first-order chi connectivity index (χ1) is 12.9. The Morgan fingerprint density at radius 2 is 1.89 bits per heavy atom. The van der Waals surface area contributed by atoms with Gasteiger partial charge in [-0.2, -0.15) is 5.10 Å². The second-order valence-electron chi connectivity index (χ2n) is 6.26. The summed E-state index contributed by atoms with van der Waals surface area (Å²) in [6.07, 6.45) is 0. The summed E-state index contributed by atoms with van der Waals surface area (Å²) in [6.45, 7) is 4.11. The first kappa shape index (κ1) is 17.6. The molecule has 0 saturated heterocycles. The summed E-state index contributed by atoms with van der Waals surface area (Å²) >= 11 is 12.0. The quantitative estimate of drug-likeness (QED) is 0.446. The number of carbonyl (C=O) groups is 1. The van der Waals surface area contributed by atoms with Gasteiger partial charge in [0.1, 0.15) is 5.69 Å². The van der Waals surface area contributed by atoms with Crippen molar-refractivity contribution < 1.29 is 4.79 Å². The molecular weight excluding hydrogens is 385 g/mol. The highest BCUT2D eigenvalue weighted by Gasteiger charge is 2.15. The number of imidazole rings is 1. The molecule has 4 rings (SSSR count). The van der Waals surface area contributed by atoms with E-state index in [0.717, 1.165) is 11.0 Å². The average molecular weight is 400 g/mol. The second-order valence-corrected chi connectivity index (χ2v) is 7.05. The highest BCUT2D eigenvalue weighted by molar-refractivity contribution is 6.44. The maximum absolute atomic E-state index is 12.4. The molecule has 0 radical (unpaired) electrons. The highest BCUT2D eigenvalue weighted by Crippen LogP contribution is 2.27. The van der Waals surface area contributed by atoms with Gasteiger partial charge in [-0.25, -0.2) is 4.98 Å². The predicted molar refractivity (Wildman–Crippen MR) is 108 cm³/mol. The maximum atomic E-state index is 12.4. The summed E-state index contributed by atoms with van der Waals surface area (Å²) in [6, 6.07) is 10.7. The molecule has 136 valence electrons. The van der Waals surface area contributed by atoms with Gasteiger partial charge in [-0.05, 0) is 49.2 Å². The molecule has 3 N–H and O–H groups in total. The number of hydrogen-bond acceptors (Lipinski definition) is 3. The van der Waals surface area contributed by atoms with E-state index in [9.17, 15) is 4.79 Å². The number of nitrogens with zero attached hydrogens (tertiary/aromatic N) is 2. The Bertz CT molecular complexity index is 1140. The number of halogens is 2. The van der Waals surface area contributed by atoms with Crippen LogP contribution < -0.4 is 5.32 Å². The number of fused-ring (bicyclic) bond motifs is 1. The van der Waals surface area contributed by atoms with E-state index in [1.165, 1.54) is 11.1 Å². The van der Waals surface area contributed by atoms with Crippen LogP contribution in [0.5, 0.6) is 0 Å². The van der Waals surface area contributed by atoms with Gasteiger partial charge in [-0.15, -0.1) is 0 Å². The molecule has 0 bridgehead atoms. The van der Waals surface area contributed by atoms with Crippen LogP contribution in [-0.2, 0) is 0 Å². The number of aryl methyl sites for hydroxylation is 2. The van der Waals surface area contributed by atoms with Gasteiger partial charge in [0.15, 0.2) is 11.6 Å². The number of anilines is 1. The minimum atomic E-state index is -0.392. The molecule has 0 aliphatic heterocycles. The van der Waals surface area contributed by atoms with Gasteiger partial charge in [0.25, 0.3) is 5.91 Å². The van der Waals surface area contributed by atoms with Crippen molar-refractivity contribution in [2.75, 3.05) is 5.32 Å². The standard InChI is InChI=1S/C19H15Cl2N5O/c1-9-6-13-14(7-10(9)2)23-18(22-13)15-8-16(26-25-15)24-19(27)11-4-3-5-12(20)17(11)21/h3-8H,1-2H3,(H,22,23)(H2,24,25,26,27). The third kappa shape index (κ3) is 3.29. The number of rotatable bonds is 3. The van der Waals surface area contributed by atoms with E-state index >= 15 is 0 Å². The van der Waals surface area contributed by atoms with Crippen LogP contribution in [0, 0.1) is 13.8 Å². The van der Waals surface area contributed by atoms with Gasteiger partial charge >= 0.3 is 0 Å². The zero-order valence-electron chi connectivity index (χ0n) is 14.5. The van der Waals surface area contributed by atoms with Gasteiger partial charge in [-0.3, -0.25) is 9.89 Å². The third-order valence-corrected chi connectivity index (χ3v) is 5.19. The fourth-order valence-corrected chi connectivity index (χ4v) is 3.15. The van der Waals surface area contributed by atoms with Crippen LogP contribution in [0.25, 0.3) is 22.6 Å². The molecule has 2 aromatic heterocycles. The minimum absolute atomic E-state index is 0.204. The van der Waals surface area contributed by atoms with Crippen molar-refractivity contribution in [2.45, 2.75) is 13.8 Å². The van der Waals surface area contributed by atoms with E-state index in [1.54, 1.807) is 24.3 Å². The number of H-pyrrole nitrogens is 2. The van der Waals surface area contributed by atoms with Crippen molar-refractivity contribution in [3.05, 3.63) is 63.1 Å². The van der Waals surface area contributed by atoms with Crippen LogP contribution in [0.1, 0.15) is 21.5 Å². The molecule has 0 unspecified atom stereocenters. The zero-order chi connectivity index (χ0) is 19.1. The predicted octanol–water partition coefficient (Wildman–Crippen LogP) is 5.13. The fraction of sp³-hybridized carbons (Fsp3) is 0.105. The Kier molecular flexibility index (Phi) is 4.37. The van der Waals surface area contributed by atoms with Crippen molar-refractivity contribution in [1.82, 2.24) is 20.2 Å². The van der Waals surface area contributed by atoms with Crippen LogP contribution >= 0.6 is 23.2 Å².